The standard InChI is InChI=1S/C19H24O2/c1-18(2)15-11-12-19(18,3)16(13-15)21-17(20)10-9-14-7-5-4-6-8-14/h4-10,15-16H,11-13H2,1-3H3/b10-9+. The van der Waals surface area contributed by atoms with E-state index < -0.39 is 0 Å². The molecule has 21 heavy (non-hydrogen) atoms. The molecule has 1 aromatic rings. The predicted octanol–water partition coefficient (Wildman–Crippen LogP) is 4.46. The summed E-state index contributed by atoms with van der Waals surface area (Å²) in [6.45, 7) is 6.95. The summed E-state index contributed by atoms with van der Waals surface area (Å²) in [5, 5.41) is 0. The van der Waals surface area contributed by atoms with Crippen molar-refractivity contribution in [2.75, 3.05) is 0 Å². The maximum atomic E-state index is 12.1. The highest BCUT2D eigenvalue weighted by molar-refractivity contribution is 5.87. The first-order chi connectivity index (χ1) is 9.93. The number of rotatable bonds is 3. The van der Waals surface area contributed by atoms with Crippen LogP contribution in [0, 0.1) is 16.7 Å². The van der Waals surface area contributed by atoms with Crippen molar-refractivity contribution in [1.29, 1.82) is 0 Å². The largest absolute Gasteiger partial charge is 0.459 e. The van der Waals surface area contributed by atoms with Gasteiger partial charge in [-0.25, -0.2) is 4.79 Å². The summed E-state index contributed by atoms with van der Waals surface area (Å²) in [6.07, 6.45) is 6.91. The fourth-order valence-electron chi connectivity index (χ4n) is 4.22. The van der Waals surface area contributed by atoms with E-state index in [4.69, 9.17) is 4.74 Å². The van der Waals surface area contributed by atoms with Crippen LogP contribution in [0.15, 0.2) is 36.4 Å². The third-order valence-electron chi connectivity index (χ3n) is 6.18. The van der Waals surface area contributed by atoms with Crippen LogP contribution in [0.4, 0.5) is 0 Å². The van der Waals surface area contributed by atoms with Crippen molar-refractivity contribution >= 4 is 12.0 Å². The molecule has 2 aliphatic rings. The molecule has 2 fully saturated rings. The van der Waals surface area contributed by atoms with Gasteiger partial charge in [-0.1, -0.05) is 51.1 Å². The summed E-state index contributed by atoms with van der Waals surface area (Å²) in [5.74, 6) is 0.479. The number of carbonyl (C=O) groups is 1. The van der Waals surface area contributed by atoms with Crippen LogP contribution < -0.4 is 0 Å². The molecule has 2 bridgehead atoms. The van der Waals surface area contributed by atoms with Crippen LogP contribution >= 0.6 is 0 Å². The second kappa shape index (κ2) is 5.01. The van der Waals surface area contributed by atoms with E-state index in [-0.39, 0.29) is 22.9 Å². The van der Waals surface area contributed by atoms with Crippen molar-refractivity contribution in [3.05, 3.63) is 42.0 Å². The van der Waals surface area contributed by atoms with Gasteiger partial charge in [0.1, 0.15) is 6.10 Å². The zero-order valence-electron chi connectivity index (χ0n) is 13.1. The second-order valence-corrected chi connectivity index (χ2v) is 7.28. The molecule has 3 rings (SSSR count). The van der Waals surface area contributed by atoms with Gasteiger partial charge in [-0.15, -0.1) is 0 Å². The molecular weight excluding hydrogens is 260 g/mol. The first-order valence-electron chi connectivity index (χ1n) is 7.87. The van der Waals surface area contributed by atoms with Crippen molar-refractivity contribution in [3.8, 4) is 0 Å². The first-order valence-corrected chi connectivity index (χ1v) is 7.87. The third-order valence-corrected chi connectivity index (χ3v) is 6.18. The molecule has 0 N–H and O–H groups in total. The van der Waals surface area contributed by atoms with Crippen LogP contribution in [0.25, 0.3) is 6.08 Å². The molecule has 0 spiro atoms. The summed E-state index contributed by atoms with van der Waals surface area (Å²) in [6, 6.07) is 9.85. The number of benzene rings is 1. The maximum Gasteiger partial charge on any atom is 0.331 e. The van der Waals surface area contributed by atoms with Gasteiger partial charge in [0.2, 0.25) is 0 Å². The van der Waals surface area contributed by atoms with E-state index in [1.165, 1.54) is 12.8 Å². The monoisotopic (exact) mass is 284 g/mol. The predicted molar refractivity (Wildman–Crippen MR) is 84.6 cm³/mol. The van der Waals surface area contributed by atoms with E-state index in [1.54, 1.807) is 6.08 Å². The molecule has 2 heteroatoms. The highest BCUT2D eigenvalue weighted by atomic mass is 16.5. The van der Waals surface area contributed by atoms with Gasteiger partial charge in [-0.05, 0) is 42.2 Å². The molecule has 1 aromatic carbocycles. The molecule has 2 saturated carbocycles. The molecule has 0 heterocycles. The Morgan fingerprint density at radius 3 is 2.52 bits per heavy atom. The Bertz CT molecular complexity index is 558. The number of esters is 1. The highest BCUT2D eigenvalue weighted by Gasteiger charge is 2.62. The average molecular weight is 284 g/mol. The zero-order valence-corrected chi connectivity index (χ0v) is 13.1. The molecule has 2 aliphatic carbocycles. The minimum Gasteiger partial charge on any atom is -0.459 e. The fourth-order valence-corrected chi connectivity index (χ4v) is 4.22. The summed E-state index contributed by atoms with van der Waals surface area (Å²) >= 11 is 0. The zero-order chi connectivity index (χ0) is 15.1. The lowest BCUT2D eigenvalue weighted by molar-refractivity contribution is -0.150. The van der Waals surface area contributed by atoms with Gasteiger partial charge in [0.15, 0.2) is 0 Å². The topological polar surface area (TPSA) is 26.3 Å². The van der Waals surface area contributed by atoms with Crippen LogP contribution in [-0.4, -0.2) is 12.1 Å². The van der Waals surface area contributed by atoms with E-state index in [0.29, 0.717) is 5.92 Å². The van der Waals surface area contributed by atoms with E-state index in [0.717, 1.165) is 12.0 Å². The van der Waals surface area contributed by atoms with Gasteiger partial charge < -0.3 is 4.74 Å². The molecule has 0 saturated heterocycles. The molecule has 0 radical (unpaired) electrons. The van der Waals surface area contributed by atoms with Crippen LogP contribution in [0.2, 0.25) is 0 Å². The van der Waals surface area contributed by atoms with Crippen molar-refractivity contribution in [1.82, 2.24) is 0 Å². The van der Waals surface area contributed by atoms with Crippen LogP contribution in [0.1, 0.15) is 45.6 Å². The van der Waals surface area contributed by atoms with Crippen molar-refractivity contribution in [2.45, 2.75) is 46.1 Å². The first kappa shape index (κ1) is 14.4. The minimum absolute atomic E-state index is 0.0687. The molecule has 0 amide bonds. The van der Waals surface area contributed by atoms with Crippen LogP contribution in [0.5, 0.6) is 0 Å². The molecule has 0 aromatic heterocycles. The van der Waals surface area contributed by atoms with Gasteiger partial charge >= 0.3 is 5.97 Å². The quantitative estimate of drug-likeness (QED) is 0.605. The Kier molecular flexibility index (Phi) is 3.43. The highest BCUT2D eigenvalue weighted by Crippen LogP contribution is 2.66. The van der Waals surface area contributed by atoms with Gasteiger partial charge in [0.25, 0.3) is 0 Å². The summed E-state index contributed by atoms with van der Waals surface area (Å²) < 4.78 is 5.78. The number of ether oxygens (including phenoxy) is 1. The van der Waals surface area contributed by atoms with Crippen LogP contribution in [-0.2, 0) is 9.53 Å². The molecule has 0 aliphatic heterocycles. The second-order valence-electron chi connectivity index (χ2n) is 7.28. The Balaban J connectivity index is 1.66. The van der Waals surface area contributed by atoms with Gasteiger partial charge in [-0.2, -0.15) is 0 Å². The van der Waals surface area contributed by atoms with Gasteiger partial charge in [-0.3, -0.25) is 0 Å². The Morgan fingerprint density at radius 2 is 1.95 bits per heavy atom. The van der Waals surface area contributed by atoms with E-state index >= 15 is 0 Å². The summed E-state index contributed by atoms with van der Waals surface area (Å²) in [4.78, 5) is 12.1. The average Bonchev–Trinajstić information content (AvgIpc) is 2.79. The van der Waals surface area contributed by atoms with Crippen molar-refractivity contribution < 1.29 is 9.53 Å². The van der Waals surface area contributed by atoms with E-state index in [9.17, 15) is 4.79 Å². The van der Waals surface area contributed by atoms with E-state index in [1.807, 2.05) is 36.4 Å². The lowest BCUT2D eigenvalue weighted by Gasteiger charge is -2.38. The Hall–Kier alpha value is -1.57. The number of fused-ring (bicyclic) bond motifs is 2. The molecule has 3 unspecified atom stereocenters. The fraction of sp³-hybridized carbons (Fsp3) is 0.526. The number of hydrogen-bond donors (Lipinski definition) is 0. The van der Waals surface area contributed by atoms with Gasteiger partial charge in [0.05, 0.1) is 0 Å². The summed E-state index contributed by atoms with van der Waals surface area (Å²) in [7, 11) is 0. The SMILES string of the molecule is CC1(C)C2CCC1(C)C(OC(=O)/C=C/c1ccccc1)C2. The Labute approximate surface area is 127 Å². The summed E-state index contributed by atoms with van der Waals surface area (Å²) in [5.41, 5.74) is 1.43. The van der Waals surface area contributed by atoms with Gasteiger partial charge in [0, 0.05) is 11.5 Å². The molecule has 3 atom stereocenters. The lowest BCUT2D eigenvalue weighted by atomic mass is 9.70. The molecular formula is C19H24O2. The molecule has 2 nitrogen and oxygen atoms in total. The minimum atomic E-state index is -0.214. The lowest BCUT2D eigenvalue weighted by Crippen LogP contribution is -2.38. The normalized spacial score (nSPS) is 33.5. The maximum absolute atomic E-state index is 12.1. The van der Waals surface area contributed by atoms with Crippen molar-refractivity contribution in [2.24, 2.45) is 16.7 Å². The van der Waals surface area contributed by atoms with E-state index in [2.05, 4.69) is 20.8 Å². The number of carbonyl (C=O) groups excluding carboxylic acids is 1. The van der Waals surface area contributed by atoms with Crippen molar-refractivity contribution in [3.63, 3.8) is 0 Å². The third kappa shape index (κ3) is 2.31. The Morgan fingerprint density at radius 1 is 1.24 bits per heavy atom. The number of hydrogen-bond acceptors (Lipinski definition) is 2. The smallest absolute Gasteiger partial charge is 0.331 e. The van der Waals surface area contributed by atoms with Crippen LogP contribution in [0.3, 0.4) is 0 Å². The molecule has 112 valence electrons.